The van der Waals surface area contributed by atoms with Gasteiger partial charge in [-0.3, -0.25) is 9.79 Å². The van der Waals surface area contributed by atoms with Gasteiger partial charge in [0.1, 0.15) is 11.5 Å². The third-order valence-electron chi connectivity index (χ3n) is 4.17. The minimum atomic E-state index is -0.0795. The van der Waals surface area contributed by atoms with Crippen LogP contribution in [0.3, 0.4) is 0 Å². The molecule has 0 radical (unpaired) electrons. The monoisotopic (exact) mass is 346 g/mol. The van der Waals surface area contributed by atoms with E-state index in [0.29, 0.717) is 31.9 Å². The number of nitrogens with two attached hydrogens (primary N) is 1. The molecule has 2 atom stereocenters. The molecule has 0 bridgehead atoms. The van der Waals surface area contributed by atoms with Gasteiger partial charge in [0.25, 0.3) is 0 Å². The lowest BCUT2D eigenvalue weighted by Gasteiger charge is -2.32. The summed E-state index contributed by atoms with van der Waals surface area (Å²) in [5.41, 5.74) is 6.65. The van der Waals surface area contributed by atoms with Crippen LogP contribution in [0, 0.1) is 11.8 Å². The Morgan fingerprint density at radius 1 is 1.52 bits per heavy atom. The first kappa shape index (κ1) is 19.0. The molecular formula is C19H26N2O4. The molecule has 0 aliphatic carbocycles. The second-order valence-electron chi connectivity index (χ2n) is 6.35. The van der Waals surface area contributed by atoms with Crippen LogP contribution < -0.4 is 10.5 Å². The molecule has 3 N–H and O–H groups in total. The fourth-order valence-electron chi connectivity index (χ4n) is 2.94. The Balaban J connectivity index is 2.16. The summed E-state index contributed by atoms with van der Waals surface area (Å²) in [6.07, 6.45) is 4.75. The lowest BCUT2D eigenvalue weighted by molar-refractivity contribution is 0.0258. The fourth-order valence-corrected chi connectivity index (χ4v) is 2.94. The number of aliphatic imine (C=N–C) groups is 1. The Bertz CT molecular complexity index is 640. The SMILES string of the molecule is CC(C)N=C(C=CN)[C@H]1COCC[C@H]1COc1cccc(O)c1C=O. The Kier molecular flexibility index (Phi) is 7.01. The van der Waals surface area contributed by atoms with Crippen molar-refractivity contribution in [1.82, 2.24) is 0 Å². The van der Waals surface area contributed by atoms with Crippen LogP contribution in [-0.4, -0.2) is 43.0 Å². The van der Waals surface area contributed by atoms with Crippen LogP contribution in [0.25, 0.3) is 0 Å². The van der Waals surface area contributed by atoms with Crippen molar-refractivity contribution in [1.29, 1.82) is 0 Å². The molecule has 6 heteroatoms. The molecular weight excluding hydrogens is 320 g/mol. The molecule has 1 fully saturated rings. The van der Waals surface area contributed by atoms with Crippen molar-refractivity contribution in [3.63, 3.8) is 0 Å². The van der Waals surface area contributed by atoms with E-state index in [0.717, 1.165) is 12.1 Å². The number of hydrogen-bond acceptors (Lipinski definition) is 6. The summed E-state index contributed by atoms with van der Waals surface area (Å²) in [7, 11) is 0. The van der Waals surface area contributed by atoms with Gasteiger partial charge in [0.15, 0.2) is 6.29 Å². The van der Waals surface area contributed by atoms with E-state index in [1.807, 2.05) is 19.9 Å². The molecule has 25 heavy (non-hydrogen) atoms. The predicted molar refractivity (Wildman–Crippen MR) is 97.3 cm³/mol. The van der Waals surface area contributed by atoms with Crippen LogP contribution in [0.4, 0.5) is 0 Å². The lowest BCUT2D eigenvalue weighted by Crippen LogP contribution is -2.36. The van der Waals surface area contributed by atoms with E-state index < -0.39 is 0 Å². The molecule has 0 amide bonds. The van der Waals surface area contributed by atoms with Gasteiger partial charge >= 0.3 is 0 Å². The molecule has 1 aliphatic heterocycles. The molecule has 0 aromatic heterocycles. The van der Waals surface area contributed by atoms with Gasteiger partial charge in [-0.2, -0.15) is 0 Å². The topological polar surface area (TPSA) is 94.1 Å². The van der Waals surface area contributed by atoms with Crippen molar-refractivity contribution in [2.45, 2.75) is 26.3 Å². The second kappa shape index (κ2) is 9.22. The van der Waals surface area contributed by atoms with Gasteiger partial charge in [-0.1, -0.05) is 6.07 Å². The van der Waals surface area contributed by atoms with Crippen molar-refractivity contribution >= 4 is 12.0 Å². The molecule has 1 aromatic carbocycles. The van der Waals surface area contributed by atoms with E-state index in [9.17, 15) is 9.90 Å². The average Bonchev–Trinajstić information content (AvgIpc) is 2.59. The number of aldehydes is 1. The first-order valence-electron chi connectivity index (χ1n) is 8.50. The maximum absolute atomic E-state index is 11.2. The Morgan fingerprint density at radius 3 is 3.00 bits per heavy atom. The molecule has 0 spiro atoms. The minimum absolute atomic E-state index is 0.0768. The highest BCUT2D eigenvalue weighted by molar-refractivity contribution is 5.97. The van der Waals surface area contributed by atoms with Crippen LogP contribution in [-0.2, 0) is 4.74 Å². The number of phenolic OH excluding ortho intramolecular Hbond substituents is 1. The number of allylic oxidation sites excluding steroid dienone is 1. The molecule has 6 nitrogen and oxygen atoms in total. The van der Waals surface area contributed by atoms with Crippen molar-refractivity contribution < 1.29 is 19.4 Å². The Hall–Kier alpha value is -2.34. The summed E-state index contributed by atoms with van der Waals surface area (Å²) in [5.74, 6) is 0.568. The number of aromatic hydroxyl groups is 1. The second-order valence-corrected chi connectivity index (χ2v) is 6.35. The van der Waals surface area contributed by atoms with Gasteiger partial charge in [-0.15, -0.1) is 0 Å². The van der Waals surface area contributed by atoms with Gasteiger partial charge in [0.05, 0.1) is 18.8 Å². The van der Waals surface area contributed by atoms with Gasteiger partial charge in [-0.25, -0.2) is 0 Å². The molecule has 1 saturated heterocycles. The maximum Gasteiger partial charge on any atom is 0.157 e. The number of phenols is 1. The van der Waals surface area contributed by atoms with Crippen molar-refractivity contribution in [2.24, 2.45) is 22.6 Å². The van der Waals surface area contributed by atoms with E-state index in [4.69, 9.17) is 15.2 Å². The van der Waals surface area contributed by atoms with Crippen LogP contribution in [0.5, 0.6) is 11.5 Å². The molecule has 0 unspecified atom stereocenters. The first-order chi connectivity index (χ1) is 12.1. The van der Waals surface area contributed by atoms with E-state index in [2.05, 4.69) is 4.99 Å². The predicted octanol–water partition coefficient (Wildman–Crippen LogP) is 2.56. The fraction of sp³-hybridized carbons (Fsp3) is 0.474. The van der Waals surface area contributed by atoms with Crippen LogP contribution >= 0.6 is 0 Å². The average molecular weight is 346 g/mol. The number of carbonyl (C=O) groups is 1. The molecule has 2 rings (SSSR count). The van der Waals surface area contributed by atoms with E-state index in [1.165, 1.54) is 12.3 Å². The largest absolute Gasteiger partial charge is 0.507 e. The van der Waals surface area contributed by atoms with Crippen molar-refractivity contribution in [2.75, 3.05) is 19.8 Å². The number of nitrogens with zero attached hydrogens (tertiary/aromatic N) is 1. The molecule has 0 saturated carbocycles. The summed E-state index contributed by atoms with van der Waals surface area (Å²) in [4.78, 5) is 15.8. The van der Waals surface area contributed by atoms with Crippen molar-refractivity contribution in [3.8, 4) is 11.5 Å². The highest BCUT2D eigenvalue weighted by Gasteiger charge is 2.30. The summed E-state index contributed by atoms with van der Waals surface area (Å²) in [5, 5.41) is 9.76. The van der Waals surface area contributed by atoms with Gasteiger partial charge in [0, 0.05) is 30.2 Å². The molecule has 1 aliphatic rings. The first-order valence-corrected chi connectivity index (χ1v) is 8.50. The molecule has 1 heterocycles. The number of hydrogen-bond donors (Lipinski definition) is 2. The third kappa shape index (κ3) is 5.06. The normalized spacial score (nSPS) is 21.6. The summed E-state index contributed by atoms with van der Waals surface area (Å²) >= 11 is 0. The summed E-state index contributed by atoms with van der Waals surface area (Å²) in [6, 6.07) is 4.96. The summed E-state index contributed by atoms with van der Waals surface area (Å²) in [6.45, 7) is 5.66. The van der Waals surface area contributed by atoms with Crippen LogP contribution in [0.15, 0.2) is 35.5 Å². The zero-order chi connectivity index (χ0) is 18.2. The van der Waals surface area contributed by atoms with E-state index in [1.54, 1.807) is 12.1 Å². The quantitative estimate of drug-likeness (QED) is 0.584. The van der Waals surface area contributed by atoms with Gasteiger partial charge in [0.2, 0.25) is 0 Å². The number of rotatable bonds is 7. The minimum Gasteiger partial charge on any atom is -0.507 e. The van der Waals surface area contributed by atoms with Gasteiger partial charge < -0.3 is 20.3 Å². The standard InChI is InChI=1S/C19H26N2O4/c1-13(2)21-17(6-8-20)16-12-24-9-7-14(16)11-25-19-5-3-4-18(23)15(19)10-22/h3-6,8,10,13-14,16,23H,7,9,11-12,20H2,1-2H3/t14-,16-/m0/s1. The number of carbonyl (C=O) groups excluding carboxylic acids is 1. The highest BCUT2D eigenvalue weighted by Crippen LogP contribution is 2.29. The third-order valence-corrected chi connectivity index (χ3v) is 4.17. The zero-order valence-electron chi connectivity index (χ0n) is 14.7. The van der Waals surface area contributed by atoms with Crippen LogP contribution in [0.1, 0.15) is 30.6 Å². The number of benzene rings is 1. The Morgan fingerprint density at radius 2 is 2.32 bits per heavy atom. The zero-order valence-corrected chi connectivity index (χ0v) is 14.7. The maximum atomic E-state index is 11.2. The number of ether oxygens (including phenoxy) is 2. The smallest absolute Gasteiger partial charge is 0.157 e. The van der Waals surface area contributed by atoms with Crippen molar-refractivity contribution in [3.05, 3.63) is 36.0 Å². The Labute approximate surface area is 148 Å². The molecule has 1 aromatic rings. The van der Waals surface area contributed by atoms with E-state index in [-0.39, 0.29) is 29.2 Å². The lowest BCUT2D eigenvalue weighted by atomic mass is 9.85. The van der Waals surface area contributed by atoms with E-state index >= 15 is 0 Å². The summed E-state index contributed by atoms with van der Waals surface area (Å²) < 4.78 is 11.5. The van der Waals surface area contributed by atoms with Crippen LogP contribution in [0.2, 0.25) is 0 Å². The molecule has 136 valence electrons. The van der Waals surface area contributed by atoms with Gasteiger partial charge in [-0.05, 0) is 44.7 Å². The highest BCUT2D eigenvalue weighted by atomic mass is 16.5.